The predicted octanol–water partition coefficient (Wildman–Crippen LogP) is 3.94. The van der Waals surface area contributed by atoms with E-state index in [1.807, 2.05) is 71.6 Å². The first-order valence-electron chi connectivity index (χ1n) is 13.2. The third-order valence-corrected chi connectivity index (χ3v) is 6.28. The van der Waals surface area contributed by atoms with Crippen LogP contribution < -0.4 is 5.73 Å². The number of amides is 1. The second-order valence-corrected chi connectivity index (χ2v) is 9.25. The van der Waals surface area contributed by atoms with Gasteiger partial charge >= 0.3 is 11.9 Å². The average molecular weight is 558 g/mol. The number of carbonyl (C=O) groups is 3. The fourth-order valence-corrected chi connectivity index (χ4v) is 4.21. The number of nitrogens with two attached hydrogens (primary N) is 1. The lowest BCUT2D eigenvalue weighted by molar-refractivity contribution is -0.134. The molecule has 0 spiro atoms. The Morgan fingerprint density at radius 1 is 0.780 bits per heavy atom. The summed E-state index contributed by atoms with van der Waals surface area (Å²) in [5.74, 6) is -2.47. The molecule has 9 heteroatoms. The average Bonchev–Trinajstić information content (AvgIpc) is 2.99. The van der Waals surface area contributed by atoms with Crippen molar-refractivity contribution in [1.82, 2.24) is 9.80 Å². The summed E-state index contributed by atoms with van der Waals surface area (Å²) in [6.07, 6.45) is 4.50. The van der Waals surface area contributed by atoms with Gasteiger partial charge in [-0.3, -0.25) is 9.69 Å². The lowest BCUT2D eigenvalue weighted by Crippen LogP contribution is -2.49. The van der Waals surface area contributed by atoms with Gasteiger partial charge in [0.1, 0.15) is 6.10 Å². The third-order valence-electron chi connectivity index (χ3n) is 6.28. The van der Waals surface area contributed by atoms with Crippen molar-refractivity contribution in [1.29, 1.82) is 0 Å². The molecule has 0 radical (unpaired) electrons. The van der Waals surface area contributed by atoms with Crippen LogP contribution in [0.25, 0.3) is 6.08 Å². The zero-order valence-corrected chi connectivity index (χ0v) is 22.7. The van der Waals surface area contributed by atoms with Crippen molar-refractivity contribution in [2.24, 2.45) is 0 Å². The van der Waals surface area contributed by atoms with Gasteiger partial charge in [-0.2, -0.15) is 0 Å². The van der Waals surface area contributed by atoms with E-state index in [1.165, 1.54) is 0 Å². The first kappa shape index (κ1) is 30.8. The second kappa shape index (κ2) is 16.4. The Labute approximate surface area is 239 Å². The highest BCUT2D eigenvalue weighted by Gasteiger charge is 2.20. The number of hydrogen-bond donors (Lipinski definition) is 3. The van der Waals surface area contributed by atoms with E-state index >= 15 is 0 Å². The van der Waals surface area contributed by atoms with E-state index in [-0.39, 0.29) is 12.0 Å². The number of anilines is 1. The van der Waals surface area contributed by atoms with Crippen LogP contribution in [-0.2, 0) is 19.1 Å². The van der Waals surface area contributed by atoms with Gasteiger partial charge < -0.3 is 25.6 Å². The standard InChI is InChI=1S/C28H31N3O2.C4H4O4/c29-26-13-7-8-23(22-26)14-15-27(32)31-18-16-30(17-19-31)20-21-33-28(24-9-3-1-4-10-24)25-11-5-2-6-12-25;5-3(6)1-2-4(7)8/h1-15,22,28H,16-21,29H2;1-2H,(H,5,6)(H,7,8)/b15-14+;2-1-. The number of carboxylic acid groups (broad SMARTS) is 2. The molecule has 0 aliphatic carbocycles. The van der Waals surface area contributed by atoms with Crippen molar-refractivity contribution in [3.8, 4) is 0 Å². The molecule has 0 bridgehead atoms. The molecule has 0 aromatic heterocycles. The van der Waals surface area contributed by atoms with Crippen LogP contribution in [0, 0.1) is 0 Å². The van der Waals surface area contributed by atoms with Gasteiger partial charge in [-0.1, -0.05) is 72.8 Å². The van der Waals surface area contributed by atoms with E-state index < -0.39 is 11.9 Å². The molecule has 1 aliphatic rings. The van der Waals surface area contributed by atoms with E-state index in [1.54, 1.807) is 6.08 Å². The molecule has 1 saturated heterocycles. The molecule has 1 amide bonds. The Hall–Kier alpha value is -4.73. The molecular formula is C32H35N3O6. The van der Waals surface area contributed by atoms with Gasteiger partial charge in [-0.05, 0) is 34.9 Å². The molecular weight excluding hydrogens is 522 g/mol. The smallest absolute Gasteiger partial charge is 0.328 e. The highest BCUT2D eigenvalue weighted by Crippen LogP contribution is 2.25. The van der Waals surface area contributed by atoms with E-state index in [2.05, 4.69) is 29.2 Å². The van der Waals surface area contributed by atoms with Crippen LogP contribution in [0.5, 0.6) is 0 Å². The van der Waals surface area contributed by atoms with Gasteiger partial charge in [0.05, 0.1) is 6.61 Å². The molecule has 3 aromatic rings. The van der Waals surface area contributed by atoms with Crippen molar-refractivity contribution in [2.45, 2.75) is 6.10 Å². The summed E-state index contributed by atoms with van der Waals surface area (Å²) in [6, 6.07) is 28.2. The first-order chi connectivity index (χ1) is 19.8. The van der Waals surface area contributed by atoms with Gasteiger partial charge in [0.2, 0.25) is 5.91 Å². The van der Waals surface area contributed by atoms with Crippen molar-refractivity contribution in [2.75, 3.05) is 45.1 Å². The summed E-state index contributed by atoms with van der Waals surface area (Å²) >= 11 is 0. The van der Waals surface area contributed by atoms with Crippen LogP contribution in [0.2, 0.25) is 0 Å². The number of nitrogens with zero attached hydrogens (tertiary/aromatic N) is 2. The number of carboxylic acids is 2. The molecule has 1 heterocycles. The fourth-order valence-electron chi connectivity index (χ4n) is 4.21. The molecule has 1 aliphatic heterocycles. The van der Waals surface area contributed by atoms with E-state index in [9.17, 15) is 14.4 Å². The number of piperazine rings is 1. The maximum atomic E-state index is 12.5. The number of nitrogen functional groups attached to an aromatic ring is 1. The zero-order chi connectivity index (χ0) is 29.5. The van der Waals surface area contributed by atoms with Gasteiger partial charge in [-0.25, -0.2) is 9.59 Å². The van der Waals surface area contributed by atoms with Gasteiger partial charge in [0, 0.05) is 56.6 Å². The molecule has 41 heavy (non-hydrogen) atoms. The highest BCUT2D eigenvalue weighted by atomic mass is 16.5. The summed E-state index contributed by atoms with van der Waals surface area (Å²) in [5, 5.41) is 15.6. The van der Waals surface area contributed by atoms with Crippen molar-refractivity contribution in [3.63, 3.8) is 0 Å². The minimum Gasteiger partial charge on any atom is -0.478 e. The molecule has 4 rings (SSSR count). The summed E-state index contributed by atoms with van der Waals surface area (Å²) in [6.45, 7) is 4.63. The van der Waals surface area contributed by atoms with Crippen LogP contribution in [-0.4, -0.2) is 77.2 Å². The number of ether oxygens (including phenoxy) is 1. The van der Waals surface area contributed by atoms with Crippen LogP contribution in [0.1, 0.15) is 22.8 Å². The molecule has 9 nitrogen and oxygen atoms in total. The minimum atomic E-state index is -1.26. The number of hydrogen-bond acceptors (Lipinski definition) is 6. The van der Waals surface area contributed by atoms with Crippen LogP contribution in [0.15, 0.2) is 103 Å². The number of rotatable bonds is 10. The zero-order valence-electron chi connectivity index (χ0n) is 22.7. The Balaban J connectivity index is 0.000000507. The van der Waals surface area contributed by atoms with Crippen molar-refractivity contribution >= 4 is 29.6 Å². The SMILES string of the molecule is Nc1cccc(/C=C/C(=O)N2CCN(CCOC(c3ccccc3)c3ccccc3)CC2)c1.O=C(O)/C=C\C(=O)O. The van der Waals surface area contributed by atoms with Gasteiger partial charge in [-0.15, -0.1) is 0 Å². The molecule has 214 valence electrons. The summed E-state index contributed by atoms with van der Waals surface area (Å²) in [5.41, 5.74) is 9.75. The first-order valence-corrected chi connectivity index (χ1v) is 13.2. The van der Waals surface area contributed by atoms with Gasteiger partial charge in [0.15, 0.2) is 0 Å². The fraction of sp³-hybridized carbons (Fsp3) is 0.219. The molecule has 3 aromatic carbocycles. The molecule has 0 unspecified atom stereocenters. The van der Waals surface area contributed by atoms with Crippen LogP contribution in [0.4, 0.5) is 5.69 Å². The summed E-state index contributed by atoms with van der Waals surface area (Å²) < 4.78 is 6.34. The molecule has 0 atom stereocenters. The second-order valence-electron chi connectivity index (χ2n) is 9.25. The largest absolute Gasteiger partial charge is 0.478 e. The third kappa shape index (κ3) is 11.1. The van der Waals surface area contributed by atoms with Crippen molar-refractivity contribution < 1.29 is 29.3 Å². The van der Waals surface area contributed by atoms with E-state index in [0.717, 1.165) is 49.4 Å². The lowest BCUT2D eigenvalue weighted by atomic mass is 10.0. The minimum absolute atomic E-state index is 0.0431. The Kier molecular flexibility index (Phi) is 12.3. The monoisotopic (exact) mass is 557 g/mol. The summed E-state index contributed by atoms with van der Waals surface area (Å²) in [7, 11) is 0. The number of aliphatic carboxylic acids is 2. The van der Waals surface area contributed by atoms with E-state index in [0.29, 0.717) is 24.4 Å². The quantitative estimate of drug-likeness (QED) is 0.252. The Morgan fingerprint density at radius 2 is 1.34 bits per heavy atom. The van der Waals surface area contributed by atoms with Crippen molar-refractivity contribution in [3.05, 3.63) is 120 Å². The lowest BCUT2D eigenvalue weighted by Gasteiger charge is -2.34. The number of benzene rings is 3. The Bertz CT molecular complexity index is 1260. The summed E-state index contributed by atoms with van der Waals surface area (Å²) in [4.78, 5) is 35.9. The Morgan fingerprint density at radius 3 is 1.85 bits per heavy atom. The predicted molar refractivity (Wildman–Crippen MR) is 158 cm³/mol. The normalized spacial score (nSPS) is 13.7. The van der Waals surface area contributed by atoms with E-state index in [4.69, 9.17) is 20.7 Å². The maximum absolute atomic E-state index is 12.5. The molecule has 1 fully saturated rings. The van der Waals surface area contributed by atoms with Crippen LogP contribution >= 0.6 is 0 Å². The molecule has 4 N–H and O–H groups in total. The van der Waals surface area contributed by atoms with Crippen LogP contribution in [0.3, 0.4) is 0 Å². The molecule has 0 saturated carbocycles. The highest BCUT2D eigenvalue weighted by molar-refractivity contribution is 5.92. The van der Waals surface area contributed by atoms with Gasteiger partial charge in [0.25, 0.3) is 0 Å². The maximum Gasteiger partial charge on any atom is 0.328 e. The number of carbonyl (C=O) groups excluding carboxylic acids is 1. The topological polar surface area (TPSA) is 133 Å².